The van der Waals surface area contributed by atoms with E-state index in [0.717, 1.165) is 53.6 Å². The maximum absolute atomic E-state index is 11.4. The molecule has 1 aliphatic heterocycles. The molecule has 5 nitrogen and oxygen atoms in total. The molecule has 5 heteroatoms. The number of aromatic nitrogens is 1. The molecule has 1 unspecified atom stereocenters. The molecule has 1 aliphatic rings. The van der Waals surface area contributed by atoms with E-state index in [-0.39, 0.29) is 0 Å². The van der Waals surface area contributed by atoms with Crippen molar-refractivity contribution in [1.29, 1.82) is 0 Å². The largest absolute Gasteiger partial charge is 0.383 e. The van der Waals surface area contributed by atoms with Crippen LogP contribution in [-0.4, -0.2) is 37.4 Å². The van der Waals surface area contributed by atoms with Crippen LogP contribution in [0.4, 0.5) is 11.5 Å². The Morgan fingerprint density at radius 2 is 1.82 bits per heavy atom. The first-order valence-corrected chi connectivity index (χ1v) is 12.0. The highest BCUT2D eigenvalue weighted by molar-refractivity contribution is 5.83. The molecule has 0 aliphatic carbocycles. The summed E-state index contributed by atoms with van der Waals surface area (Å²) in [6.45, 7) is 8.22. The second kappa shape index (κ2) is 11.6. The first kappa shape index (κ1) is 24.5. The molecule has 2 heterocycles. The lowest BCUT2D eigenvalue weighted by Gasteiger charge is -2.24. The van der Waals surface area contributed by atoms with Crippen molar-refractivity contribution in [2.75, 3.05) is 30.8 Å². The van der Waals surface area contributed by atoms with Crippen LogP contribution in [0.15, 0.2) is 54.7 Å². The van der Waals surface area contributed by atoms with Crippen molar-refractivity contribution in [3.63, 3.8) is 0 Å². The van der Waals surface area contributed by atoms with Crippen molar-refractivity contribution in [3.8, 4) is 22.3 Å². The Morgan fingerprint density at radius 3 is 2.45 bits per heavy atom. The van der Waals surface area contributed by atoms with Gasteiger partial charge in [-0.3, -0.25) is 4.79 Å². The summed E-state index contributed by atoms with van der Waals surface area (Å²) in [5.74, 6) is 0.490. The zero-order chi connectivity index (χ0) is 23.8. The van der Waals surface area contributed by atoms with E-state index >= 15 is 0 Å². The number of nitrogens with zero attached hydrogens (tertiary/aromatic N) is 2. The number of nitrogen functional groups attached to an aromatic ring is 1. The lowest BCUT2D eigenvalue weighted by Crippen LogP contribution is -2.25. The first-order chi connectivity index (χ1) is 16.1. The van der Waals surface area contributed by atoms with Crippen molar-refractivity contribution in [2.24, 2.45) is 0 Å². The molecule has 1 fully saturated rings. The zero-order valence-corrected chi connectivity index (χ0v) is 20.3. The van der Waals surface area contributed by atoms with Gasteiger partial charge >= 0.3 is 0 Å². The lowest BCUT2D eigenvalue weighted by molar-refractivity contribution is 0.112. The minimum Gasteiger partial charge on any atom is -0.383 e. The molecule has 0 radical (unpaired) electrons. The molecule has 3 aromatic rings. The van der Waals surface area contributed by atoms with Gasteiger partial charge in [0, 0.05) is 41.2 Å². The molecule has 174 valence electrons. The number of aldehydes is 1. The Kier molecular flexibility index (Phi) is 8.61. The smallest absolute Gasteiger partial charge is 0.150 e. The topological polar surface area (TPSA) is 71.2 Å². The SMILES string of the molecule is CC.CNCCc1cc(-c2cc(-c3ccc(N4CCCC4C)cc3)cnc2N)ccc1C=O. The molecule has 1 atom stereocenters. The number of hydrogen-bond acceptors (Lipinski definition) is 5. The van der Waals surface area contributed by atoms with Crippen molar-refractivity contribution in [2.45, 2.75) is 46.1 Å². The van der Waals surface area contributed by atoms with Crippen molar-refractivity contribution < 1.29 is 4.79 Å². The van der Waals surface area contributed by atoms with Gasteiger partial charge in [0.1, 0.15) is 12.1 Å². The maximum atomic E-state index is 11.4. The van der Waals surface area contributed by atoms with Crippen LogP contribution in [0.2, 0.25) is 0 Å². The van der Waals surface area contributed by atoms with Gasteiger partial charge in [-0.05, 0) is 74.7 Å². The third-order valence-electron chi connectivity index (χ3n) is 6.23. The van der Waals surface area contributed by atoms with Crippen LogP contribution in [0.3, 0.4) is 0 Å². The highest BCUT2D eigenvalue weighted by Gasteiger charge is 2.20. The van der Waals surface area contributed by atoms with Crippen LogP contribution in [-0.2, 0) is 6.42 Å². The van der Waals surface area contributed by atoms with Gasteiger partial charge in [-0.1, -0.05) is 44.2 Å². The zero-order valence-electron chi connectivity index (χ0n) is 20.3. The minimum atomic E-state index is 0.490. The fourth-order valence-electron chi connectivity index (χ4n) is 4.39. The maximum Gasteiger partial charge on any atom is 0.150 e. The minimum absolute atomic E-state index is 0.490. The quantitative estimate of drug-likeness (QED) is 0.465. The highest BCUT2D eigenvalue weighted by atomic mass is 16.1. The summed E-state index contributed by atoms with van der Waals surface area (Å²) in [5, 5.41) is 3.14. The monoisotopic (exact) mass is 444 g/mol. The van der Waals surface area contributed by atoms with Gasteiger partial charge in [-0.25, -0.2) is 4.98 Å². The molecule has 4 rings (SSSR count). The van der Waals surface area contributed by atoms with E-state index in [4.69, 9.17) is 5.73 Å². The average Bonchev–Trinajstić information content (AvgIpc) is 3.30. The molecule has 1 saturated heterocycles. The second-order valence-electron chi connectivity index (χ2n) is 8.27. The third kappa shape index (κ3) is 5.60. The normalized spacial score (nSPS) is 15.2. The Hall–Kier alpha value is -3.18. The molecule has 0 amide bonds. The first-order valence-electron chi connectivity index (χ1n) is 12.0. The number of benzene rings is 2. The fourth-order valence-corrected chi connectivity index (χ4v) is 4.39. The van der Waals surface area contributed by atoms with Crippen LogP contribution < -0.4 is 16.0 Å². The molecule has 2 aromatic carbocycles. The average molecular weight is 445 g/mol. The van der Waals surface area contributed by atoms with Crippen LogP contribution in [0, 0.1) is 0 Å². The number of nitrogens with two attached hydrogens (primary N) is 1. The predicted octanol–water partition coefficient (Wildman–Crippen LogP) is 5.59. The fraction of sp³-hybridized carbons (Fsp3) is 0.357. The molecule has 0 saturated carbocycles. The summed E-state index contributed by atoms with van der Waals surface area (Å²) in [7, 11) is 1.91. The van der Waals surface area contributed by atoms with Crippen LogP contribution in [0.25, 0.3) is 22.3 Å². The van der Waals surface area contributed by atoms with Gasteiger partial charge in [0.25, 0.3) is 0 Å². The Bertz CT molecular complexity index is 1060. The van der Waals surface area contributed by atoms with Gasteiger partial charge in [0.2, 0.25) is 0 Å². The number of likely N-dealkylation sites (N-methyl/N-ethyl adjacent to an activating group) is 1. The summed E-state index contributed by atoms with van der Waals surface area (Å²) < 4.78 is 0. The summed E-state index contributed by atoms with van der Waals surface area (Å²) in [4.78, 5) is 18.4. The summed E-state index contributed by atoms with van der Waals surface area (Å²) >= 11 is 0. The van der Waals surface area contributed by atoms with E-state index in [1.807, 2.05) is 39.2 Å². The third-order valence-corrected chi connectivity index (χ3v) is 6.23. The molecule has 1 aromatic heterocycles. The molecule has 3 N–H and O–H groups in total. The van der Waals surface area contributed by atoms with Gasteiger partial charge in [-0.2, -0.15) is 0 Å². The van der Waals surface area contributed by atoms with Gasteiger partial charge in [-0.15, -0.1) is 0 Å². The molecule has 33 heavy (non-hydrogen) atoms. The number of carbonyl (C=O) groups is 1. The standard InChI is InChI=1S/C26H30N4O.C2H6/c1-18-4-3-13-30(18)24-9-7-19(8-10-24)23-15-25(26(27)29-16-23)21-5-6-22(17-31)20(14-21)11-12-28-2;1-2/h5-10,14-18,28H,3-4,11-13H2,1-2H3,(H2,27,29);1-2H3. The van der Waals surface area contributed by atoms with E-state index in [9.17, 15) is 4.79 Å². The number of rotatable bonds is 7. The molecule has 0 bridgehead atoms. The molecular weight excluding hydrogens is 408 g/mol. The van der Waals surface area contributed by atoms with Crippen LogP contribution in [0.1, 0.15) is 49.5 Å². The van der Waals surface area contributed by atoms with E-state index in [0.29, 0.717) is 17.4 Å². The molecular formula is C28H36N4O. The van der Waals surface area contributed by atoms with E-state index in [1.54, 1.807) is 0 Å². The molecule has 0 spiro atoms. The van der Waals surface area contributed by atoms with Gasteiger partial charge < -0.3 is 16.0 Å². The summed E-state index contributed by atoms with van der Waals surface area (Å²) in [6.07, 6.45) is 6.03. The van der Waals surface area contributed by atoms with E-state index in [1.165, 1.54) is 18.5 Å². The number of carbonyl (C=O) groups excluding carboxylic acids is 1. The van der Waals surface area contributed by atoms with Crippen LogP contribution >= 0.6 is 0 Å². The number of nitrogens with one attached hydrogen (secondary N) is 1. The highest BCUT2D eigenvalue weighted by Crippen LogP contribution is 2.32. The van der Waals surface area contributed by atoms with Crippen LogP contribution in [0.5, 0.6) is 0 Å². The Labute approximate surface area is 198 Å². The number of hydrogen-bond donors (Lipinski definition) is 2. The Balaban J connectivity index is 0.00000149. The van der Waals surface area contributed by atoms with E-state index < -0.39 is 0 Å². The second-order valence-corrected chi connectivity index (χ2v) is 8.27. The van der Waals surface area contributed by atoms with E-state index in [2.05, 4.69) is 58.5 Å². The van der Waals surface area contributed by atoms with Gasteiger partial charge in [0.15, 0.2) is 0 Å². The van der Waals surface area contributed by atoms with Gasteiger partial charge in [0.05, 0.1) is 0 Å². The Morgan fingerprint density at radius 1 is 1.09 bits per heavy atom. The lowest BCUT2D eigenvalue weighted by atomic mass is 9.96. The number of anilines is 2. The van der Waals surface area contributed by atoms with Crippen molar-refractivity contribution in [3.05, 3.63) is 65.9 Å². The summed E-state index contributed by atoms with van der Waals surface area (Å²) in [5.41, 5.74) is 13.3. The number of pyridine rings is 1. The van der Waals surface area contributed by atoms with Crippen molar-refractivity contribution in [1.82, 2.24) is 10.3 Å². The van der Waals surface area contributed by atoms with Crippen molar-refractivity contribution >= 4 is 17.8 Å². The predicted molar refractivity (Wildman–Crippen MR) is 140 cm³/mol. The summed E-state index contributed by atoms with van der Waals surface area (Å²) in [6, 6.07) is 17.3.